The molecule has 0 aromatic heterocycles. The number of amides is 3. The van der Waals surface area contributed by atoms with Crippen molar-refractivity contribution in [1.82, 2.24) is 15.1 Å². The van der Waals surface area contributed by atoms with Gasteiger partial charge in [-0.05, 0) is 29.5 Å². The number of aliphatic hydroxyl groups is 1. The van der Waals surface area contributed by atoms with Gasteiger partial charge in [0.25, 0.3) is 0 Å². The van der Waals surface area contributed by atoms with E-state index in [0.29, 0.717) is 17.5 Å². The number of allylic oxidation sites excluding steroid dienone is 1. The lowest BCUT2D eigenvalue weighted by molar-refractivity contribution is -0.161. The molecule has 2 bridgehead atoms. The van der Waals surface area contributed by atoms with E-state index in [9.17, 15) is 24.3 Å². The first kappa shape index (κ1) is 37.2. The molecule has 10 nitrogen and oxygen atoms in total. The number of likely N-dealkylation sites (tertiary alicyclic amines) is 1. The lowest BCUT2D eigenvalue weighted by Gasteiger charge is -2.39. The molecule has 1 spiro atoms. The molecule has 11 heteroatoms. The molecule has 0 saturated carbocycles. The zero-order chi connectivity index (χ0) is 36.8. The van der Waals surface area contributed by atoms with Crippen molar-refractivity contribution in [1.29, 1.82) is 0 Å². The number of aliphatic hydroxyl groups excluding tert-OH is 1. The molecule has 0 radical (unpaired) electrons. The molecule has 3 fully saturated rings. The number of nitrogens with zero attached hydrogens (tertiary/aromatic N) is 2. The van der Waals surface area contributed by atoms with Crippen molar-refractivity contribution in [3.63, 3.8) is 0 Å². The van der Waals surface area contributed by atoms with E-state index in [4.69, 9.17) is 9.47 Å². The third-order valence-corrected chi connectivity index (χ3v) is 11.1. The zero-order valence-electron chi connectivity index (χ0n) is 28.9. The number of hydrogen-bond donors (Lipinski definition) is 2. The molecule has 3 aliphatic heterocycles. The van der Waals surface area contributed by atoms with Gasteiger partial charge in [0.15, 0.2) is 0 Å². The van der Waals surface area contributed by atoms with Crippen LogP contribution in [0.3, 0.4) is 0 Å². The summed E-state index contributed by atoms with van der Waals surface area (Å²) in [6.45, 7) is 7.58. The molecule has 3 heterocycles. The van der Waals surface area contributed by atoms with Crippen LogP contribution in [0, 0.1) is 11.8 Å². The minimum atomic E-state index is -1.39. The summed E-state index contributed by atoms with van der Waals surface area (Å²) < 4.78 is 13.0. The van der Waals surface area contributed by atoms with Gasteiger partial charge in [-0.3, -0.25) is 19.2 Å². The molecule has 3 amide bonds. The highest BCUT2D eigenvalue weighted by atomic mass is 79.9. The molecule has 1 unspecified atom stereocenters. The highest BCUT2D eigenvalue weighted by Crippen LogP contribution is 2.61. The van der Waals surface area contributed by atoms with E-state index in [1.807, 2.05) is 78.9 Å². The second-order valence-electron chi connectivity index (χ2n) is 13.5. The Bertz CT molecular complexity index is 1760. The van der Waals surface area contributed by atoms with Crippen LogP contribution in [-0.4, -0.2) is 80.9 Å². The second kappa shape index (κ2) is 16.4. The van der Waals surface area contributed by atoms with Crippen LogP contribution in [0.4, 0.5) is 0 Å². The Morgan fingerprint density at radius 2 is 1.63 bits per heavy atom. The number of fused-ring (bicyclic) bond motifs is 1. The van der Waals surface area contributed by atoms with Crippen LogP contribution in [0.1, 0.15) is 48.1 Å². The molecule has 3 aromatic carbocycles. The van der Waals surface area contributed by atoms with Crippen molar-refractivity contribution >= 4 is 39.6 Å². The Morgan fingerprint density at radius 3 is 2.25 bits per heavy atom. The summed E-state index contributed by atoms with van der Waals surface area (Å²) in [5, 5.41) is 13.7. The van der Waals surface area contributed by atoms with E-state index >= 15 is 0 Å². The number of benzene rings is 3. The standard InChI is InChI=1S/C41H44BrN3O7/c1-3-5-21-33(47)43-24-32(29-19-13-8-14-20-29)51-40(50)34-35-38(48)45(31(26-46)28-17-11-7-12-18-28)37(41(35)23-30(42)36(34)52-41)39(49)44(22-4-2)25-27-15-9-6-10-16-27/h3-4,6-20,30-32,34-37,46H,1-2,5,21-26H2,(H,43,47)/t30?,31-,32-,34-,35+,36-,37-,41+/m1/s1. The van der Waals surface area contributed by atoms with Gasteiger partial charge in [0.05, 0.1) is 37.1 Å². The molecule has 3 aliphatic rings. The molecule has 8 atom stereocenters. The third kappa shape index (κ3) is 7.22. The van der Waals surface area contributed by atoms with Crippen molar-refractivity contribution in [3.05, 3.63) is 133 Å². The summed E-state index contributed by atoms with van der Waals surface area (Å²) in [7, 11) is 0. The minimum Gasteiger partial charge on any atom is -0.455 e. The van der Waals surface area contributed by atoms with Crippen LogP contribution >= 0.6 is 15.9 Å². The molecule has 2 N–H and O–H groups in total. The quantitative estimate of drug-likeness (QED) is 0.119. The van der Waals surface area contributed by atoms with E-state index < -0.39 is 60.2 Å². The second-order valence-corrected chi connectivity index (χ2v) is 14.7. The van der Waals surface area contributed by atoms with Crippen molar-refractivity contribution in [2.75, 3.05) is 19.7 Å². The summed E-state index contributed by atoms with van der Waals surface area (Å²) in [5.74, 6) is -3.83. The maximum Gasteiger partial charge on any atom is 0.313 e. The minimum absolute atomic E-state index is 0.0231. The van der Waals surface area contributed by atoms with E-state index in [1.54, 1.807) is 29.2 Å². The normalized spacial score (nSPS) is 25.5. The number of carbonyl (C=O) groups is 4. The predicted molar refractivity (Wildman–Crippen MR) is 199 cm³/mol. The van der Waals surface area contributed by atoms with Crippen LogP contribution in [0.2, 0.25) is 0 Å². The molecular weight excluding hydrogens is 726 g/mol. The Labute approximate surface area is 312 Å². The Kier molecular flexibility index (Phi) is 11.7. The Hall–Kier alpha value is -4.58. The molecule has 52 heavy (non-hydrogen) atoms. The molecule has 0 aliphatic carbocycles. The first-order chi connectivity index (χ1) is 25.2. The number of alkyl halides is 1. The number of esters is 1. The molecule has 6 rings (SSSR count). The highest BCUT2D eigenvalue weighted by molar-refractivity contribution is 9.09. The summed E-state index contributed by atoms with van der Waals surface area (Å²) in [6, 6.07) is 25.6. The fourth-order valence-electron chi connectivity index (χ4n) is 7.99. The molecule has 3 saturated heterocycles. The largest absolute Gasteiger partial charge is 0.455 e. The van der Waals surface area contributed by atoms with Crippen molar-refractivity contribution in [3.8, 4) is 0 Å². The third-order valence-electron chi connectivity index (χ3n) is 10.3. The van der Waals surface area contributed by atoms with E-state index in [1.165, 1.54) is 4.90 Å². The molecule has 272 valence electrons. The summed E-state index contributed by atoms with van der Waals surface area (Å²) >= 11 is 3.74. The van der Waals surface area contributed by atoms with E-state index in [0.717, 1.165) is 5.56 Å². The van der Waals surface area contributed by atoms with Gasteiger partial charge in [-0.1, -0.05) is 119 Å². The van der Waals surface area contributed by atoms with Gasteiger partial charge in [0, 0.05) is 24.3 Å². The smallest absolute Gasteiger partial charge is 0.313 e. The van der Waals surface area contributed by atoms with Crippen LogP contribution in [-0.2, 0) is 35.2 Å². The van der Waals surface area contributed by atoms with Gasteiger partial charge in [-0.15, -0.1) is 13.2 Å². The summed E-state index contributed by atoms with van der Waals surface area (Å²) in [5.41, 5.74) is 0.818. The topological polar surface area (TPSA) is 125 Å². The maximum atomic E-state index is 15.0. The van der Waals surface area contributed by atoms with Crippen LogP contribution in [0.15, 0.2) is 116 Å². The first-order valence-corrected chi connectivity index (χ1v) is 18.5. The number of nitrogens with one attached hydrogen (secondary N) is 1. The van der Waals surface area contributed by atoms with Crippen molar-refractivity contribution in [2.24, 2.45) is 11.8 Å². The lowest BCUT2D eigenvalue weighted by atomic mass is 9.70. The Balaban J connectivity index is 1.37. The molecular formula is C41H44BrN3O7. The van der Waals surface area contributed by atoms with Crippen molar-refractivity contribution in [2.45, 2.75) is 60.5 Å². The van der Waals surface area contributed by atoms with Gasteiger partial charge in [0.2, 0.25) is 17.7 Å². The van der Waals surface area contributed by atoms with Crippen LogP contribution in [0.25, 0.3) is 0 Å². The molecule has 3 aromatic rings. The fourth-order valence-corrected chi connectivity index (χ4v) is 8.93. The monoisotopic (exact) mass is 769 g/mol. The van der Waals surface area contributed by atoms with E-state index in [-0.39, 0.29) is 49.1 Å². The van der Waals surface area contributed by atoms with Crippen LogP contribution in [0.5, 0.6) is 0 Å². The summed E-state index contributed by atoms with van der Waals surface area (Å²) in [6.07, 6.45) is 2.72. The van der Waals surface area contributed by atoms with Gasteiger partial charge in [-0.25, -0.2) is 0 Å². The van der Waals surface area contributed by atoms with E-state index in [2.05, 4.69) is 34.4 Å². The number of hydrogen-bond acceptors (Lipinski definition) is 7. The average Bonchev–Trinajstić information content (AvgIpc) is 3.76. The number of carbonyl (C=O) groups excluding carboxylic acids is 4. The fraction of sp³-hybridized carbons (Fsp3) is 0.366. The zero-order valence-corrected chi connectivity index (χ0v) is 30.5. The predicted octanol–water partition coefficient (Wildman–Crippen LogP) is 5.05. The summed E-state index contributed by atoms with van der Waals surface area (Å²) in [4.78, 5) is 59.6. The lowest BCUT2D eigenvalue weighted by Crippen LogP contribution is -2.57. The number of halogens is 1. The maximum absolute atomic E-state index is 15.0. The van der Waals surface area contributed by atoms with Crippen molar-refractivity contribution < 1.29 is 33.8 Å². The number of rotatable bonds is 16. The Morgan fingerprint density at radius 1 is 1.00 bits per heavy atom. The van der Waals surface area contributed by atoms with Gasteiger partial charge < -0.3 is 29.7 Å². The SMILES string of the molecule is C=CCCC(=O)NC[C@@H](OC(=O)[C@H]1[C@@H]2O[C@@]3(CC2Br)[C@@H]1C(=O)N([C@H](CO)c1ccccc1)[C@@H]3C(=O)N(CC=C)Cc1ccccc1)c1ccccc1. The first-order valence-electron chi connectivity index (χ1n) is 17.6. The van der Waals surface area contributed by atoms with Gasteiger partial charge in [-0.2, -0.15) is 0 Å². The highest BCUT2D eigenvalue weighted by Gasteiger charge is 2.77. The van der Waals surface area contributed by atoms with Crippen LogP contribution < -0.4 is 5.32 Å². The number of ether oxygens (including phenoxy) is 2. The van der Waals surface area contributed by atoms with Gasteiger partial charge >= 0.3 is 5.97 Å². The average molecular weight is 771 g/mol. The van der Waals surface area contributed by atoms with Gasteiger partial charge in [0.1, 0.15) is 17.7 Å².